The van der Waals surface area contributed by atoms with Crippen molar-refractivity contribution in [1.82, 2.24) is 0 Å². The van der Waals surface area contributed by atoms with Gasteiger partial charge in [-0.3, -0.25) is 4.79 Å². The lowest BCUT2D eigenvalue weighted by Crippen LogP contribution is -2.13. The van der Waals surface area contributed by atoms with Crippen LogP contribution in [-0.2, 0) is 6.42 Å². The topological polar surface area (TPSA) is 29.1 Å². The van der Waals surface area contributed by atoms with Gasteiger partial charge >= 0.3 is 0 Å². The monoisotopic (exact) mass is 239 g/mol. The number of anilines is 1. The van der Waals surface area contributed by atoms with Crippen LogP contribution in [0.3, 0.4) is 0 Å². The van der Waals surface area contributed by atoms with Gasteiger partial charge in [-0.1, -0.05) is 37.3 Å². The molecule has 1 N–H and O–H groups in total. The molecule has 0 aliphatic heterocycles. The van der Waals surface area contributed by atoms with E-state index in [1.807, 2.05) is 55.5 Å². The van der Waals surface area contributed by atoms with E-state index in [2.05, 4.69) is 12.2 Å². The first-order chi connectivity index (χ1) is 8.70. The molecule has 0 aliphatic rings. The Morgan fingerprint density at radius 2 is 1.72 bits per heavy atom. The van der Waals surface area contributed by atoms with Gasteiger partial charge in [-0.2, -0.15) is 0 Å². The molecular formula is C16H17NO. The fraction of sp³-hybridized carbons (Fsp3) is 0.188. The third-order valence-electron chi connectivity index (χ3n) is 3.01. The van der Waals surface area contributed by atoms with Crippen LogP contribution < -0.4 is 5.32 Å². The normalized spacial score (nSPS) is 10.1. The number of benzene rings is 2. The first-order valence-electron chi connectivity index (χ1n) is 6.16. The molecule has 0 unspecified atom stereocenters. The van der Waals surface area contributed by atoms with Crippen molar-refractivity contribution in [2.24, 2.45) is 0 Å². The second-order valence-corrected chi connectivity index (χ2v) is 4.32. The molecular weight excluding hydrogens is 222 g/mol. The molecule has 2 aromatic rings. The molecule has 0 atom stereocenters. The van der Waals surface area contributed by atoms with E-state index in [0.29, 0.717) is 0 Å². The summed E-state index contributed by atoms with van der Waals surface area (Å²) in [5.74, 6) is -0.0580. The molecule has 0 aromatic heterocycles. The van der Waals surface area contributed by atoms with Crippen LogP contribution in [0.15, 0.2) is 48.5 Å². The van der Waals surface area contributed by atoms with E-state index in [9.17, 15) is 4.79 Å². The second kappa shape index (κ2) is 5.50. The Kier molecular flexibility index (Phi) is 3.78. The maximum Gasteiger partial charge on any atom is 0.255 e. The molecule has 0 saturated carbocycles. The molecule has 0 saturated heterocycles. The molecule has 1 amide bonds. The van der Waals surface area contributed by atoms with Crippen LogP contribution in [-0.4, -0.2) is 5.91 Å². The fourth-order valence-electron chi connectivity index (χ4n) is 1.85. The van der Waals surface area contributed by atoms with Gasteiger partial charge in [0.15, 0.2) is 0 Å². The van der Waals surface area contributed by atoms with Crippen LogP contribution in [0.5, 0.6) is 0 Å². The van der Waals surface area contributed by atoms with E-state index in [0.717, 1.165) is 23.2 Å². The van der Waals surface area contributed by atoms with Crippen LogP contribution in [0.1, 0.15) is 28.4 Å². The quantitative estimate of drug-likeness (QED) is 0.867. The molecule has 0 spiro atoms. The average Bonchev–Trinajstić information content (AvgIpc) is 2.40. The van der Waals surface area contributed by atoms with Gasteiger partial charge in [0.05, 0.1) is 0 Å². The summed E-state index contributed by atoms with van der Waals surface area (Å²) in [4.78, 5) is 12.1. The highest BCUT2D eigenvalue weighted by Gasteiger charge is 2.07. The van der Waals surface area contributed by atoms with Gasteiger partial charge in [0.1, 0.15) is 0 Å². The highest BCUT2D eigenvalue weighted by molar-refractivity contribution is 6.05. The lowest BCUT2D eigenvalue weighted by atomic mass is 10.1. The fourth-order valence-corrected chi connectivity index (χ4v) is 1.85. The smallest absolute Gasteiger partial charge is 0.255 e. The Bertz CT molecular complexity index is 543. The summed E-state index contributed by atoms with van der Waals surface area (Å²) in [5, 5.41) is 2.91. The Hall–Kier alpha value is -2.09. The van der Waals surface area contributed by atoms with Crippen LogP contribution in [0.25, 0.3) is 0 Å². The summed E-state index contributed by atoms with van der Waals surface area (Å²) in [7, 11) is 0. The number of hydrogen-bond acceptors (Lipinski definition) is 1. The number of amides is 1. The van der Waals surface area contributed by atoms with Crippen molar-refractivity contribution in [3.05, 3.63) is 65.2 Å². The van der Waals surface area contributed by atoms with Crippen molar-refractivity contribution < 1.29 is 4.79 Å². The molecule has 0 aliphatic carbocycles. The van der Waals surface area contributed by atoms with Crippen molar-refractivity contribution in [3.63, 3.8) is 0 Å². The minimum atomic E-state index is -0.0580. The molecule has 0 fully saturated rings. The van der Waals surface area contributed by atoms with Gasteiger partial charge in [-0.25, -0.2) is 0 Å². The predicted molar refractivity (Wildman–Crippen MR) is 75.0 cm³/mol. The molecule has 2 heteroatoms. The predicted octanol–water partition coefficient (Wildman–Crippen LogP) is 3.81. The third kappa shape index (κ3) is 2.77. The van der Waals surface area contributed by atoms with E-state index in [1.54, 1.807) is 0 Å². The molecule has 2 rings (SSSR count). The van der Waals surface area contributed by atoms with Crippen LogP contribution in [0.2, 0.25) is 0 Å². The largest absolute Gasteiger partial charge is 0.322 e. The number of carbonyl (C=O) groups is 1. The SMILES string of the molecule is CCc1ccc(NC(=O)c2ccccc2C)cc1. The molecule has 2 aromatic carbocycles. The standard InChI is InChI=1S/C16H17NO/c1-3-13-8-10-14(11-9-13)17-16(18)15-7-5-4-6-12(15)2/h4-11H,3H2,1-2H3,(H,17,18). The van der Waals surface area contributed by atoms with Gasteiger partial charge in [-0.15, -0.1) is 0 Å². The number of rotatable bonds is 3. The first kappa shape index (κ1) is 12.4. The Labute approximate surface area is 108 Å². The number of hydrogen-bond donors (Lipinski definition) is 1. The van der Waals surface area contributed by atoms with Crippen molar-refractivity contribution in [1.29, 1.82) is 0 Å². The zero-order valence-electron chi connectivity index (χ0n) is 10.7. The summed E-state index contributed by atoms with van der Waals surface area (Å²) in [6, 6.07) is 15.5. The summed E-state index contributed by atoms with van der Waals surface area (Å²) in [6.07, 6.45) is 1.01. The summed E-state index contributed by atoms with van der Waals surface area (Å²) < 4.78 is 0. The van der Waals surface area contributed by atoms with Crippen molar-refractivity contribution in [2.45, 2.75) is 20.3 Å². The van der Waals surface area contributed by atoms with Crippen molar-refractivity contribution in [2.75, 3.05) is 5.32 Å². The lowest BCUT2D eigenvalue weighted by molar-refractivity contribution is 0.102. The van der Waals surface area contributed by atoms with E-state index in [1.165, 1.54) is 5.56 Å². The zero-order chi connectivity index (χ0) is 13.0. The molecule has 0 bridgehead atoms. The van der Waals surface area contributed by atoms with Gasteiger partial charge in [0.2, 0.25) is 0 Å². The van der Waals surface area contributed by atoms with E-state index in [-0.39, 0.29) is 5.91 Å². The third-order valence-corrected chi connectivity index (χ3v) is 3.01. The first-order valence-corrected chi connectivity index (χ1v) is 6.16. The average molecular weight is 239 g/mol. The number of nitrogens with one attached hydrogen (secondary N) is 1. The highest BCUT2D eigenvalue weighted by Crippen LogP contribution is 2.13. The molecule has 0 heterocycles. The second-order valence-electron chi connectivity index (χ2n) is 4.32. The highest BCUT2D eigenvalue weighted by atomic mass is 16.1. The van der Waals surface area contributed by atoms with Gasteiger partial charge < -0.3 is 5.32 Å². The minimum absolute atomic E-state index is 0.0580. The van der Waals surface area contributed by atoms with E-state index >= 15 is 0 Å². The van der Waals surface area contributed by atoms with Gasteiger partial charge in [0, 0.05) is 11.3 Å². The summed E-state index contributed by atoms with van der Waals surface area (Å²) >= 11 is 0. The number of carbonyl (C=O) groups excluding carboxylic acids is 1. The number of aryl methyl sites for hydroxylation is 2. The lowest BCUT2D eigenvalue weighted by Gasteiger charge is -2.08. The molecule has 2 nitrogen and oxygen atoms in total. The van der Waals surface area contributed by atoms with Crippen LogP contribution in [0, 0.1) is 6.92 Å². The summed E-state index contributed by atoms with van der Waals surface area (Å²) in [6.45, 7) is 4.05. The van der Waals surface area contributed by atoms with Crippen molar-refractivity contribution in [3.8, 4) is 0 Å². The molecule has 18 heavy (non-hydrogen) atoms. The Morgan fingerprint density at radius 3 is 2.33 bits per heavy atom. The van der Waals surface area contributed by atoms with Crippen LogP contribution >= 0.6 is 0 Å². The van der Waals surface area contributed by atoms with Crippen LogP contribution in [0.4, 0.5) is 5.69 Å². The maximum absolute atomic E-state index is 12.1. The Morgan fingerprint density at radius 1 is 1.06 bits per heavy atom. The van der Waals surface area contributed by atoms with E-state index in [4.69, 9.17) is 0 Å². The summed E-state index contributed by atoms with van der Waals surface area (Å²) in [5.41, 5.74) is 3.81. The minimum Gasteiger partial charge on any atom is -0.322 e. The molecule has 0 radical (unpaired) electrons. The van der Waals surface area contributed by atoms with Gasteiger partial charge in [-0.05, 0) is 42.7 Å². The van der Waals surface area contributed by atoms with E-state index < -0.39 is 0 Å². The van der Waals surface area contributed by atoms with Crippen molar-refractivity contribution >= 4 is 11.6 Å². The Balaban J connectivity index is 2.14. The van der Waals surface area contributed by atoms with Gasteiger partial charge in [0.25, 0.3) is 5.91 Å². The maximum atomic E-state index is 12.1. The molecule has 92 valence electrons. The zero-order valence-corrected chi connectivity index (χ0v) is 10.7.